The quantitative estimate of drug-likeness (QED) is 0.0458. The normalized spacial score (nSPS) is 11.6. The van der Waals surface area contributed by atoms with Crippen LogP contribution in [0, 0.1) is 20.8 Å². The second kappa shape index (κ2) is 45.3. The number of pyridine rings is 4. The predicted octanol–water partition coefficient (Wildman–Crippen LogP) is 18.1. The number of para-hydroxylation sites is 5. The standard InChI is InChI=1S/C11H17BN2O2.C11H9BrN2O.C10H6BrNO2.C10H6BrNO.C10H8BrN.C9H7ClN4.C6H6BrN.C4H2Cl2N2.C4H6O.O2Se/c1-8-13-6-9(7-14-8)12-15-10(2,3)11(4,5)16-12;1-13-11(15)8-5-6-14-10-7(8)3-2-4-9(10)12;11-8-3-1-2-6-7(10(13)14)4-5-12-9(6)8;11-9-3-1-2-8-7(6-13)4-5-12-10(8)9;1-7-5-6-12-10-8(7)3-2-4-9(10)11;1-6-11-3-7(4-12-6)8-2-9(10)14-5-13-8;7-5-3-1-2-4-6(5)8;5-3-1-4(6)8-7-2-3;1-3-4(2)5;1-3-2/h6-7H,1-5H3;2-6H,1H3,(H,13,15);1-5H,(H,13,14);1-6H;2-6H,1H3;2-5H,1H3;1-4H,8H2;1-2H;3H,1H2,2H3;. The number of fused-ring (bicyclic) bond motifs is 4. The summed E-state index contributed by atoms with van der Waals surface area (Å²) in [7, 11) is 1.25. The number of aryl methyl sites for hydroxylation is 3. The van der Waals surface area contributed by atoms with E-state index in [2.05, 4.69) is 165 Å². The van der Waals surface area contributed by atoms with Crippen molar-refractivity contribution >= 4 is 215 Å². The van der Waals surface area contributed by atoms with Crippen molar-refractivity contribution < 1.29 is 41.3 Å². The third-order valence-corrected chi connectivity index (χ3v) is 18.7. The molecule has 0 spiro atoms. The fraction of sp³-hybridized carbons (Fsp3) is 0.147. The van der Waals surface area contributed by atoms with E-state index in [-0.39, 0.29) is 35.6 Å². The number of hydrogen-bond acceptors (Lipinski definition) is 21. The molecule has 8 aromatic heterocycles. The maximum atomic E-state index is 11.6. The van der Waals surface area contributed by atoms with Gasteiger partial charge in [-0.3, -0.25) is 34.3 Å². The summed E-state index contributed by atoms with van der Waals surface area (Å²) in [4.78, 5) is 84.0. The van der Waals surface area contributed by atoms with Crippen molar-refractivity contribution in [2.24, 2.45) is 0 Å². The number of aldehydes is 1. The van der Waals surface area contributed by atoms with Gasteiger partial charge in [-0.25, -0.2) is 34.7 Å². The van der Waals surface area contributed by atoms with Crippen LogP contribution in [0.25, 0.3) is 54.9 Å². The number of allylic oxidation sites excluding steroid dienone is 1. The molecule has 556 valence electrons. The zero-order chi connectivity index (χ0) is 79.7. The van der Waals surface area contributed by atoms with Crippen molar-refractivity contribution in [1.82, 2.24) is 65.4 Å². The molecule has 4 N–H and O–H groups in total. The molecule has 0 radical (unpaired) electrons. The number of aromatic carboxylic acids is 1. The van der Waals surface area contributed by atoms with Gasteiger partial charge >= 0.3 is 35.6 Å². The molecule has 1 aliphatic rings. The Kier molecular flexibility index (Phi) is 37.7. The zero-order valence-electron chi connectivity index (χ0n) is 59.0. The van der Waals surface area contributed by atoms with E-state index in [0.29, 0.717) is 37.4 Å². The predicted molar refractivity (Wildman–Crippen MR) is 442 cm³/mol. The molecule has 0 saturated carbocycles. The van der Waals surface area contributed by atoms with Gasteiger partial charge in [-0.15, -0.1) is 5.10 Å². The van der Waals surface area contributed by atoms with Crippen LogP contribution >= 0.6 is 114 Å². The number of carbonyl (C=O) groups excluding carboxylic acids is 3. The Morgan fingerprint density at radius 2 is 1.00 bits per heavy atom. The van der Waals surface area contributed by atoms with E-state index < -0.39 is 20.8 Å². The molecule has 23 nitrogen and oxygen atoms in total. The molecule has 5 aromatic carbocycles. The number of carboxylic acids is 1. The van der Waals surface area contributed by atoms with Gasteiger partial charge in [-0.2, -0.15) is 5.10 Å². The number of rotatable bonds is 6. The topological polar surface area (TPSA) is 334 Å². The number of amides is 1. The molecule has 1 fully saturated rings. The Labute approximate surface area is 685 Å². The summed E-state index contributed by atoms with van der Waals surface area (Å²) in [6.45, 7) is 18.6. The summed E-state index contributed by atoms with van der Waals surface area (Å²) >= 11 is 31.8. The number of nitrogens with two attached hydrogens (primary N) is 1. The van der Waals surface area contributed by atoms with Gasteiger partial charge in [0.15, 0.2) is 17.2 Å². The fourth-order valence-electron chi connectivity index (χ4n) is 8.66. The van der Waals surface area contributed by atoms with Crippen LogP contribution in [0.15, 0.2) is 231 Å². The van der Waals surface area contributed by atoms with Crippen LogP contribution in [0.4, 0.5) is 5.69 Å². The van der Waals surface area contributed by atoms with Gasteiger partial charge in [0.25, 0.3) is 5.91 Å². The van der Waals surface area contributed by atoms with Gasteiger partial charge in [0.05, 0.1) is 61.3 Å². The third kappa shape index (κ3) is 28.0. The molecular weight excluding hydrogens is 1840 g/mol. The molecule has 9 heterocycles. The molecule has 1 saturated heterocycles. The number of ketones is 1. The number of halogens is 8. The number of nitrogens with zero attached hydrogens (tertiary/aromatic N) is 12. The van der Waals surface area contributed by atoms with E-state index in [1.807, 2.05) is 133 Å². The summed E-state index contributed by atoms with van der Waals surface area (Å²) in [5.74, 6) is 0.468. The van der Waals surface area contributed by atoms with Gasteiger partial charge < -0.3 is 25.5 Å². The maximum absolute atomic E-state index is 11.6. The first-order valence-corrected chi connectivity index (χ1v) is 38.0. The van der Waals surface area contributed by atoms with Crippen LogP contribution in [0.1, 0.15) is 82.9 Å². The molecule has 1 amide bonds. The molecule has 1 aliphatic heterocycles. The minimum absolute atomic E-state index is 0.0185. The molecule has 33 heteroatoms. The zero-order valence-corrected chi connectivity index (χ0v) is 70.9. The summed E-state index contributed by atoms with van der Waals surface area (Å²) < 4.78 is 33.3. The van der Waals surface area contributed by atoms with E-state index >= 15 is 0 Å². The number of carboxylic acid groups (broad SMARTS) is 1. The molecule has 14 rings (SSSR count). The molecular formula is C75H67BBr5Cl3N14O9Se. The Balaban J connectivity index is 0.000000220. The van der Waals surface area contributed by atoms with E-state index in [0.717, 1.165) is 90.0 Å². The molecule has 13 aromatic rings. The first-order valence-electron chi connectivity index (χ1n) is 31.5. The van der Waals surface area contributed by atoms with Crippen LogP contribution in [-0.2, 0) is 21.8 Å². The second-order valence-corrected chi connectivity index (χ2v) is 28.6. The van der Waals surface area contributed by atoms with Crippen LogP contribution in [0.5, 0.6) is 0 Å². The summed E-state index contributed by atoms with van der Waals surface area (Å²) in [6.07, 6.45) is 18.5. The SMILES string of the molecule is C=CC(C)=O.CNC(=O)c1ccnc2c(Br)cccc12.Cc1ccnc2c(Br)cccc12.Cc1ncc(-c2cc(Cl)ncn2)cn1.Cc1ncc(B2OC(C)(C)C(C)(C)O2)cn1.Clc1cnnc(Cl)c1.Nc1ccccc1Br.O=C(O)c1ccnc2c(Br)cccc12.O=Cc1ccnc2c(Br)cccc12.O=[Se]=O. The number of hydrogen-bond donors (Lipinski definition) is 3. The monoisotopic (exact) mass is 1900 g/mol. The number of benzene rings is 5. The average molecular weight is 1900 g/mol. The molecule has 0 unspecified atom stereocenters. The van der Waals surface area contributed by atoms with E-state index in [4.69, 9.17) is 62.6 Å². The summed E-state index contributed by atoms with van der Waals surface area (Å²) in [6, 6.07) is 40.6. The second-order valence-electron chi connectivity index (χ2n) is 22.8. The first kappa shape index (κ1) is 89.9. The third-order valence-electron chi connectivity index (χ3n) is 14.8. The Hall–Kier alpha value is -8.75. The number of aromatic nitrogens is 12. The van der Waals surface area contributed by atoms with Crippen molar-refractivity contribution in [3.8, 4) is 11.3 Å². The number of carbonyl (C=O) groups is 4. The average Bonchev–Trinajstić information content (AvgIpc) is 1.61. The molecule has 0 atom stereocenters. The number of nitrogen functional groups attached to an aromatic ring is 1. The molecule has 108 heavy (non-hydrogen) atoms. The van der Waals surface area contributed by atoms with Crippen molar-refractivity contribution in [3.05, 3.63) is 280 Å². The number of anilines is 1. The Morgan fingerprint density at radius 3 is 1.43 bits per heavy atom. The van der Waals surface area contributed by atoms with Crippen molar-refractivity contribution in [2.45, 2.75) is 66.6 Å². The van der Waals surface area contributed by atoms with Gasteiger partial charge in [0.2, 0.25) is 0 Å². The fourth-order valence-corrected chi connectivity index (χ4v) is 11.3. The van der Waals surface area contributed by atoms with Gasteiger partial charge in [0, 0.05) is 129 Å². The van der Waals surface area contributed by atoms with Crippen LogP contribution in [0.3, 0.4) is 0 Å². The first-order chi connectivity index (χ1) is 51.4. The van der Waals surface area contributed by atoms with Gasteiger partial charge in [0.1, 0.15) is 23.1 Å². The van der Waals surface area contributed by atoms with Crippen molar-refractivity contribution in [3.63, 3.8) is 0 Å². The van der Waals surface area contributed by atoms with Crippen molar-refractivity contribution in [1.29, 1.82) is 0 Å². The molecule has 0 aliphatic carbocycles. The van der Waals surface area contributed by atoms with Crippen LogP contribution < -0.4 is 16.5 Å². The van der Waals surface area contributed by atoms with Gasteiger partial charge in [-0.05, 0) is 213 Å². The summed E-state index contributed by atoms with van der Waals surface area (Å²) in [5.41, 5.74) is 14.2. The van der Waals surface area contributed by atoms with Crippen LogP contribution in [0.2, 0.25) is 15.3 Å². The van der Waals surface area contributed by atoms with E-state index in [9.17, 15) is 19.2 Å². The van der Waals surface area contributed by atoms with Gasteiger partial charge in [-0.1, -0.05) is 102 Å². The Morgan fingerprint density at radius 1 is 0.565 bits per heavy atom. The number of nitrogens with one attached hydrogen (secondary N) is 1. The Bertz CT molecular complexity index is 5170. The van der Waals surface area contributed by atoms with Crippen LogP contribution in [-0.4, -0.2) is 129 Å². The molecule has 0 bridgehead atoms. The summed E-state index contributed by atoms with van der Waals surface area (Å²) in [5, 5.41) is 23.3. The van der Waals surface area contributed by atoms with E-state index in [1.54, 1.807) is 74.6 Å². The minimum atomic E-state index is -1.62. The van der Waals surface area contributed by atoms with Crippen molar-refractivity contribution in [2.75, 3.05) is 12.8 Å². The van der Waals surface area contributed by atoms with E-state index in [1.165, 1.54) is 54.8 Å².